The molecule has 0 saturated carbocycles. The van der Waals surface area contributed by atoms with Gasteiger partial charge in [-0.1, -0.05) is 0 Å². The molecule has 0 radical (unpaired) electrons. The van der Waals surface area contributed by atoms with Crippen molar-refractivity contribution < 1.29 is 34.4 Å². The summed E-state index contributed by atoms with van der Waals surface area (Å²) in [6.07, 6.45) is 0. The smallest absolute Gasteiger partial charge is 0 e. The molecule has 0 unspecified atom stereocenters. The summed E-state index contributed by atoms with van der Waals surface area (Å²) in [5.41, 5.74) is 0. The zero-order chi connectivity index (χ0) is 0. The van der Waals surface area contributed by atoms with Crippen molar-refractivity contribution in [3.8, 4) is 0 Å². The fourth-order valence-corrected chi connectivity index (χ4v) is 0. The van der Waals surface area contributed by atoms with Crippen LogP contribution in [-0.4, -0.2) is 25.8 Å². The molecule has 0 aromatic carbocycles. The molecule has 0 rings (SSSR count). The Kier molecular flexibility index (Phi) is 255. The molecule has 0 fully saturated rings. The van der Waals surface area contributed by atoms with Gasteiger partial charge in [-0.05, 0) is 0 Å². The first kappa shape index (κ1) is 44.9. The van der Waals surface area contributed by atoms with E-state index in [1.807, 2.05) is 0 Å². The summed E-state index contributed by atoms with van der Waals surface area (Å²) in [6.45, 7) is 0. The first-order chi connectivity index (χ1) is 0. The van der Waals surface area contributed by atoms with Crippen LogP contribution in [0.15, 0.2) is 0 Å². The summed E-state index contributed by atoms with van der Waals surface area (Å²) in [4.78, 5) is 0. The summed E-state index contributed by atoms with van der Waals surface area (Å²) in [5.74, 6) is 0. The summed E-state index contributed by atoms with van der Waals surface area (Å²) in [5, 5.41) is 0. The first-order valence-corrected chi connectivity index (χ1v) is 0. The van der Waals surface area contributed by atoms with Crippen LogP contribution >= 0.6 is 0 Å². The normalized spacial score (nSPS) is 0. The van der Waals surface area contributed by atoms with Crippen LogP contribution in [-0.2, 0) is 34.4 Å². The third-order valence-electron chi connectivity index (χ3n) is 0. The van der Waals surface area contributed by atoms with E-state index in [1.165, 1.54) is 0 Å². The molecule has 0 amide bonds. The maximum atomic E-state index is 0. The minimum Gasteiger partial charge on any atom is 0 e. The Labute approximate surface area is 60.0 Å². The van der Waals surface area contributed by atoms with Crippen LogP contribution in [0.4, 0.5) is 0 Å². The van der Waals surface area contributed by atoms with Crippen LogP contribution < -0.4 is 0 Å². The molecular weight excluding hydrogens is 146 g/mol. The Morgan fingerprint density at radius 1 is 1.00 bits per heavy atom. The van der Waals surface area contributed by atoms with Crippen molar-refractivity contribution in [3.63, 3.8) is 0 Å². The second-order valence-electron chi connectivity index (χ2n) is 0. The molecule has 0 saturated heterocycles. The van der Waals surface area contributed by atoms with Crippen molar-refractivity contribution in [2.75, 3.05) is 0 Å². The zero-order valence-corrected chi connectivity index (χ0v) is 3.14. The van der Waals surface area contributed by atoms with Crippen molar-refractivity contribution in [1.82, 2.24) is 0 Å². The summed E-state index contributed by atoms with van der Waals surface area (Å²) >= 11 is 0. The molecule has 0 aromatic rings. The molecule has 4 heavy (non-hydrogen) atoms. The average molecular weight is 152 g/mol. The van der Waals surface area contributed by atoms with E-state index in [2.05, 4.69) is 0 Å². The van der Waals surface area contributed by atoms with Gasteiger partial charge in [0, 0.05) is 34.4 Å². The van der Waals surface area contributed by atoms with Gasteiger partial charge < -0.3 is 0 Å². The Bertz CT molecular complexity index is 8.00. The molecule has 0 aliphatic heterocycles. The van der Waals surface area contributed by atoms with Gasteiger partial charge in [0.2, 0.25) is 0 Å². The molecule has 0 spiro atoms. The average Bonchev–Trinajstić information content (AvgIpc) is 0. The van der Waals surface area contributed by atoms with Gasteiger partial charge in [-0.3, -0.25) is 0 Å². The molecule has 0 N–H and O–H groups in total. The molecule has 0 atom stereocenters. The maximum Gasteiger partial charge on any atom is 0.187 e. The van der Waals surface area contributed by atoms with E-state index in [-0.39, 0.29) is 60.2 Å². The van der Waals surface area contributed by atoms with E-state index >= 15 is 0 Å². The van der Waals surface area contributed by atoms with Gasteiger partial charge in [-0.2, -0.15) is 0 Å². The largest absolute Gasteiger partial charge is 0.187 e. The van der Waals surface area contributed by atoms with E-state index in [9.17, 15) is 0 Å². The predicted octanol–water partition coefficient (Wildman–Crippen LogP) is -2.37. The monoisotopic (exact) mass is 152 g/mol. The van der Waals surface area contributed by atoms with Gasteiger partial charge >= 0.3 is 0 Å². The Hall–Kier alpha value is 1.65. The van der Waals surface area contributed by atoms with Crippen LogP contribution in [0.5, 0.6) is 0 Å². The minimum absolute atomic E-state index is 0. The molecule has 0 aliphatic carbocycles. The second-order valence-corrected chi connectivity index (χ2v) is 0. The van der Waals surface area contributed by atoms with Crippen LogP contribution in [0.25, 0.3) is 0 Å². The maximum absolute atomic E-state index is 0. The van der Waals surface area contributed by atoms with Crippen molar-refractivity contribution >= 4 is 25.8 Å². The zero-order valence-electron chi connectivity index (χ0n) is 0.762. The van der Waals surface area contributed by atoms with Crippen molar-refractivity contribution in [3.05, 3.63) is 0 Å². The van der Waals surface area contributed by atoms with Gasteiger partial charge in [0.15, 0.2) is 17.4 Å². The molecule has 0 aliphatic rings. The number of hydrogen-bond donors (Lipinski definition) is 0. The predicted molar refractivity (Wildman–Crippen MR) is 19.9 cm³/mol. The Balaban J connectivity index is 0. The van der Waals surface area contributed by atoms with Gasteiger partial charge in [-0.15, -0.1) is 0 Å². The molecule has 0 bridgehead atoms. The van der Waals surface area contributed by atoms with Crippen LogP contribution in [0.2, 0.25) is 0 Å². The minimum atomic E-state index is 0. The van der Waals surface area contributed by atoms with Gasteiger partial charge in [0.05, 0.1) is 8.41 Å². The first-order valence-electron chi connectivity index (χ1n) is 0. The van der Waals surface area contributed by atoms with Crippen LogP contribution in [0.1, 0.15) is 0 Å². The Morgan fingerprint density at radius 2 is 1.00 bits per heavy atom. The third-order valence-corrected chi connectivity index (χ3v) is 0. The van der Waals surface area contributed by atoms with Gasteiger partial charge in [0.25, 0.3) is 0 Å². The van der Waals surface area contributed by atoms with Crippen molar-refractivity contribution in [2.24, 2.45) is 0 Å². The summed E-state index contributed by atoms with van der Waals surface area (Å²) in [6, 6.07) is 0. The second kappa shape index (κ2) is 22.8. The van der Waals surface area contributed by atoms with Crippen LogP contribution in [0, 0.1) is 0 Å². The SMILES string of the molecule is B.[AlH3].[Cr].[Fe]. The molecule has 0 aromatic heterocycles. The molecule has 0 nitrogen and oxygen atoms in total. The molecular formula is H6AlBCrFe. The van der Waals surface area contributed by atoms with E-state index < -0.39 is 0 Å². The van der Waals surface area contributed by atoms with Gasteiger partial charge in [-0.25, -0.2) is 0 Å². The van der Waals surface area contributed by atoms with E-state index in [4.69, 9.17) is 0 Å². The fourth-order valence-electron chi connectivity index (χ4n) is 0. The number of hydrogen-bond acceptors (Lipinski definition) is 0. The van der Waals surface area contributed by atoms with E-state index in [1.54, 1.807) is 0 Å². The molecule has 0 heterocycles. The standard InChI is InChI=1S/Al.BH3.Cr.Fe.3H/h;1H3;;;;;. The van der Waals surface area contributed by atoms with Crippen molar-refractivity contribution in [1.29, 1.82) is 0 Å². The van der Waals surface area contributed by atoms with Crippen molar-refractivity contribution in [2.45, 2.75) is 0 Å². The van der Waals surface area contributed by atoms with E-state index in [0.717, 1.165) is 0 Å². The number of rotatable bonds is 0. The fraction of sp³-hybridized carbons (Fsp3) is 0. The van der Waals surface area contributed by atoms with Crippen LogP contribution in [0.3, 0.4) is 0 Å². The quantitative estimate of drug-likeness (QED) is 0.340. The summed E-state index contributed by atoms with van der Waals surface area (Å²) < 4.78 is 0. The molecule has 26 valence electrons. The summed E-state index contributed by atoms with van der Waals surface area (Å²) in [7, 11) is 0. The topological polar surface area (TPSA) is 0 Å². The van der Waals surface area contributed by atoms with Gasteiger partial charge in [0.1, 0.15) is 0 Å². The third kappa shape index (κ3) is 9.42. The van der Waals surface area contributed by atoms with E-state index in [0.29, 0.717) is 0 Å². The molecule has 4 heteroatoms. The Morgan fingerprint density at radius 3 is 1.00 bits per heavy atom.